The molecule has 1 atom stereocenters. The van der Waals surface area contributed by atoms with Gasteiger partial charge in [0.1, 0.15) is 17.5 Å². The van der Waals surface area contributed by atoms with Crippen LogP contribution in [0.2, 0.25) is 0 Å². The molecular formula is C38H40N8O7. The summed E-state index contributed by atoms with van der Waals surface area (Å²) in [6, 6.07) is 12.9. The highest BCUT2D eigenvalue weighted by Crippen LogP contribution is 2.74. The second-order valence-electron chi connectivity index (χ2n) is 15.6. The van der Waals surface area contributed by atoms with Gasteiger partial charge < -0.3 is 25.4 Å². The van der Waals surface area contributed by atoms with Crippen LogP contribution in [0.4, 0.5) is 11.5 Å². The van der Waals surface area contributed by atoms with Crippen molar-refractivity contribution in [1.82, 2.24) is 30.2 Å². The summed E-state index contributed by atoms with van der Waals surface area (Å²) >= 11 is 0. The number of piperazine rings is 1. The van der Waals surface area contributed by atoms with Crippen molar-refractivity contribution in [1.29, 1.82) is 0 Å². The van der Waals surface area contributed by atoms with Crippen LogP contribution in [0.25, 0.3) is 11.3 Å². The Morgan fingerprint density at radius 1 is 0.925 bits per heavy atom. The van der Waals surface area contributed by atoms with Crippen LogP contribution in [0.3, 0.4) is 0 Å². The van der Waals surface area contributed by atoms with Gasteiger partial charge in [0, 0.05) is 80.9 Å². The fourth-order valence-corrected chi connectivity index (χ4v) is 9.33. The Balaban J connectivity index is 0.723. The number of phenols is 1. The Bertz CT molecular complexity index is 2050. The minimum absolute atomic E-state index is 0.0288. The maximum Gasteiger partial charge on any atom is 0.262 e. The van der Waals surface area contributed by atoms with E-state index in [2.05, 4.69) is 25.3 Å². The van der Waals surface area contributed by atoms with Crippen molar-refractivity contribution in [3.63, 3.8) is 0 Å². The van der Waals surface area contributed by atoms with Gasteiger partial charge in [-0.05, 0) is 56.0 Å². The average Bonchev–Trinajstić information content (AvgIpc) is 3.34. The minimum Gasteiger partial charge on any atom is -0.507 e. The maximum absolute atomic E-state index is 13.5. The number of para-hydroxylation sites is 1. The molecule has 3 aromatic rings. The number of likely N-dealkylation sites (tertiary alicyclic amines) is 1. The molecule has 15 heteroatoms. The molecule has 4 N–H and O–H groups in total. The van der Waals surface area contributed by atoms with Crippen LogP contribution in [-0.2, 0) is 14.4 Å². The number of rotatable bonds is 9. The summed E-state index contributed by atoms with van der Waals surface area (Å²) in [5, 5.41) is 20.6. The molecule has 2 bridgehead atoms. The molecule has 274 valence electrons. The number of carbonyl (C=O) groups excluding carboxylic acids is 5. The fraction of sp³-hybridized carbons (Fsp3) is 0.447. The van der Waals surface area contributed by atoms with Gasteiger partial charge in [0.25, 0.3) is 11.8 Å². The zero-order valence-corrected chi connectivity index (χ0v) is 29.1. The molecule has 6 fully saturated rings. The lowest BCUT2D eigenvalue weighted by Crippen LogP contribution is -2.72. The van der Waals surface area contributed by atoms with Crippen LogP contribution >= 0.6 is 0 Å². The third-order valence-electron chi connectivity index (χ3n) is 12.0. The zero-order valence-electron chi connectivity index (χ0n) is 29.1. The molecule has 7 aliphatic rings. The van der Waals surface area contributed by atoms with E-state index in [1.165, 1.54) is 0 Å². The van der Waals surface area contributed by atoms with Crippen molar-refractivity contribution in [3.8, 4) is 22.8 Å². The molecule has 0 radical (unpaired) electrons. The number of aromatic nitrogens is 2. The van der Waals surface area contributed by atoms with Crippen molar-refractivity contribution in [2.45, 2.75) is 38.1 Å². The summed E-state index contributed by atoms with van der Waals surface area (Å²) in [5.74, 6) is -0.625. The number of nitrogens with two attached hydrogens (primary N) is 1. The van der Waals surface area contributed by atoms with Crippen LogP contribution in [0.1, 0.15) is 52.8 Å². The molecule has 0 spiro atoms. The molecular weight excluding hydrogens is 680 g/mol. The highest BCUT2D eigenvalue weighted by molar-refractivity contribution is 6.23. The second-order valence-corrected chi connectivity index (χ2v) is 15.6. The molecule has 3 saturated carbocycles. The van der Waals surface area contributed by atoms with E-state index in [1.54, 1.807) is 36.4 Å². The number of hydrogen-bond acceptors (Lipinski definition) is 12. The third-order valence-corrected chi connectivity index (χ3v) is 12.0. The number of hydrogen-bond donors (Lipinski definition) is 3. The first-order valence-electron chi connectivity index (χ1n) is 18.2. The molecule has 4 aliphatic heterocycles. The molecule has 1 unspecified atom stereocenters. The molecule has 2 aromatic carbocycles. The van der Waals surface area contributed by atoms with E-state index < -0.39 is 29.7 Å². The van der Waals surface area contributed by atoms with Crippen LogP contribution in [0.15, 0.2) is 48.5 Å². The first-order valence-corrected chi connectivity index (χ1v) is 18.2. The van der Waals surface area contributed by atoms with Gasteiger partial charge in [-0.2, -0.15) is 0 Å². The molecule has 15 nitrogen and oxygen atoms in total. The van der Waals surface area contributed by atoms with Gasteiger partial charge in [-0.25, -0.2) is 0 Å². The van der Waals surface area contributed by atoms with Gasteiger partial charge in [0.05, 0.1) is 23.1 Å². The van der Waals surface area contributed by atoms with Crippen LogP contribution in [0.5, 0.6) is 11.5 Å². The maximum atomic E-state index is 13.5. The Morgan fingerprint density at radius 2 is 1.66 bits per heavy atom. The van der Waals surface area contributed by atoms with Crippen molar-refractivity contribution in [2.75, 3.05) is 63.1 Å². The summed E-state index contributed by atoms with van der Waals surface area (Å²) in [5.41, 5.74) is 8.19. The smallest absolute Gasteiger partial charge is 0.262 e. The van der Waals surface area contributed by atoms with Gasteiger partial charge in [0.2, 0.25) is 17.7 Å². The SMILES string of the molecule is Nc1nnc(-c2ccccc2O)cc1OCC12CC(C(=O)N3CC(CN4CCN(c5ccc6c(c5)C(=O)N(C5CCC(=O)NC5=O)C6=O)CC4)C3)(C1)C2. The van der Waals surface area contributed by atoms with Crippen molar-refractivity contribution < 1.29 is 33.8 Å². The molecule has 3 saturated heterocycles. The van der Waals surface area contributed by atoms with Crippen LogP contribution in [0, 0.1) is 16.7 Å². The lowest BCUT2D eigenvalue weighted by atomic mass is 9.35. The molecule has 53 heavy (non-hydrogen) atoms. The first-order chi connectivity index (χ1) is 25.5. The number of anilines is 2. The number of nitrogen functional groups attached to an aromatic ring is 1. The molecule has 1 aromatic heterocycles. The average molecular weight is 721 g/mol. The van der Waals surface area contributed by atoms with Gasteiger partial charge in [-0.3, -0.25) is 39.1 Å². The molecule has 3 aliphatic carbocycles. The number of carbonyl (C=O) groups is 5. The number of phenolic OH excluding ortho intramolecular Hbond substituents is 1. The first kappa shape index (κ1) is 33.3. The largest absolute Gasteiger partial charge is 0.507 e. The van der Waals surface area contributed by atoms with Crippen LogP contribution in [-0.4, -0.2) is 118 Å². The number of nitrogens with zero attached hydrogens (tertiary/aromatic N) is 6. The number of benzene rings is 2. The highest BCUT2D eigenvalue weighted by atomic mass is 16.5. The van der Waals surface area contributed by atoms with E-state index in [1.807, 2.05) is 17.0 Å². The fourth-order valence-electron chi connectivity index (χ4n) is 9.33. The van der Waals surface area contributed by atoms with E-state index in [-0.39, 0.29) is 52.3 Å². The summed E-state index contributed by atoms with van der Waals surface area (Å²) in [6.45, 7) is 6.11. The predicted octanol–water partition coefficient (Wildman–Crippen LogP) is 1.66. The van der Waals surface area contributed by atoms with E-state index in [0.717, 1.165) is 75.7 Å². The zero-order chi connectivity index (χ0) is 36.6. The van der Waals surface area contributed by atoms with Gasteiger partial charge in [-0.1, -0.05) is 12.1 Å². The standard InChI is InChI=1S/C38H40N8O7/c39-32-30(14-27(41-42-32)25-3-1-2-4-29(25)47)53-21-37-18-38(19-37,20-37)36(52)45-16-22(17-45)15-43-9-11-44(12-10-43)23-5-6-24-26(13-23)35(51)46(34(24)50)28-7-8-31(48)40-33(28)49/h1-6,13-14,22,28,47H,7-12,15-21H2,(H2,39,42)(H,40,48,49). The Hall–Kier alpha value is -5.57. The number of piperidine rings is 1. The summed E-state index contributed by atoms with van der Waals surface area (Å²) in [4.78, 5) is 71.5. The van der Waals surface area contributed by atoms with Gasteiger partial charge >= 0.3 is 0 Å². The Kier molecular flexibility index (Phi) is 7.69. The molecule has 5 heterocycles. The predicted molar refractivity (Wildman–Crippen MR) is 190 cm³/mol. The topological polar surface area (TPSA) is 192 Å². The van der Waals surface area contributed by atoms with Crippen molar-refractivity contribution >= 4 is 41.0 Å². The number of aromatic hydroxyl groups is 1. The summed E-state index contributed by atoms with van der Waals surface area (Å²) in [6.07, 6.45) is 2.64. The number of fused-ring (bicyclic) bond motifs is 1. The lowest BCUT2D eigenvalue weighted by molar-refractivity contribution is -0.229. The van der Waals surface area contributed by atoms with E-state index in [0.29, 0.717) is 29.5 Å². The molecule has 5 amide bonds. The van der Waals surface area contributed by atoms with E-state index >= 15 is 0 Å². The number of ether oxygens (including phenoxy) is 1. The normalized spacial score (nSPS) is 26.8. The minimum atomic E-state index is -0.982. The highest BCUT2D eigenvalue weighted by Gasteiger charge is 2.72. The monoisotopic (exact) mass is 720 g/mol. The third kappa shape index (κ3) is 5.56. The van der Waals surface area contributed by atoms with Crippen LogP contribution < -0.4 is 20.7 Å². The lowest BCUT2D eigenvalue weighted by Gasteiger charge is -2.70. The van der Waals surface area contributed by atoms with Gasteiger partial charge in [-0.15, -0.1) is 10.2 Å². The Morgan fingerprint density at radius 3 is 2.40 bits per heavy atom. The number of amides is 5. The van der Waals surface area contributed by atoms with Crippen molar-refractivity contribution in [2.24, 2.45) is 16.7 Å². The van der Waals surface area contributed by atoms with E-state index in [9.17, 15) is 29.1 Å². The van der Waals surface area contributed by atoms with Crippen molar-refractivity contribution in [3.05, 3.63) is 59.7 Å². The van der Waals surface area contributed by atoms with E-state index in [4.69, 9.17) is 10.5 Å². The molecule has 10 rings (SSSR count). The second kappa shape index (κ2) is 12.3. The Labute approximate surface area is 305 Å². The quantitative estimate of drug-likeness (QED) is 0.272. The summed E-state index contributed by atoms with van der Waals surface area (Å²) < 4.78 is 6.11. The number of nitrogens with one attached hydrogen (secondary N) is 1. The number of imide groups is 2. The van der Waals surface area contributed by atoms with Gasteiger partial charge in [0.15, 0.2) is 11.6 Å². The summed E-state index contributed by atoms with van der Waals surface area (Å²) in [7, 11) is 0.